The number of rotatable bonds is 10. The maximum Gasteiger partial charge on any atom is 0.187 e. The Morgan fingerprint density at radius 1 is 0.463 bits per heavy atom. The van der Waals surface area contributed by atoms with Crippen molar-refractivity contribution in [3.05, 3.63) is 0 Å². The predicted molar refractivity (Wildman–Crippen MR) is 129 cm³/mol. The molecule has 2 aliphatic rings. The Labute approximate surface area is 234 Å². The number of hydrogen-bond acceptors (Lipinski definition) is 20. The second-order valence-electron chi connectivity index (χ2n) is 8.58. The molecule has 0 aliphatic carbocycles. The summed E-state index contributed by atoms with van der Waals surface area (Å²) in [6.07, 6.45) is -18.4. The molecule has 0 spiro atoms. The molecule has 0 unspecified atom stereocenters. The fraction of sp³-hybridized carbons (Fsp3) is 1.00. The van der Waals surface area contributed by atoms with Gasteiger partial charge in [-0.3, -0.25) is 0 Å². The molecule has 0 saturated carbocycles. The minimum absolute atomic E-state index is 0.365. The van der Waals surface area contributed by atoms with Crippen LogP contribution in [0, 0.1) is 0 Å². The molecule has 17 N–H and O–H groups in total. The van der Waals surface area contributed by atoms with Gasteiger partial charge in [-0.25, -0.2) is 0 Å². The van der Waals surface area contributed by atoms with Gasteiger partial charge >= 0.3 is 0 Å². The average molecular weight is 619 g/mol. The highest BCUT2D eigenvalue weighted by molar-refractivity contribution is 4.93. The van der Waals surface area contributed by atoms with Crippen LogP contribution in [0.2, 0.25) is 0 Å². The number of hydrogen-bond donors (Lipinski definition) is 17. The normalized spacial score (nSPS) is 33.4. The van der Waals surface area contributed by atoms with Crippen molar-refractivity contribution in [2.75, 3.05) is 52.9 Å². The van der Waals surface area contributed by atoms with E-state index >= 15 is 0 Å². The van der Waals surface area contributed by atoms with E-state index in [0.29, 0.717) is 0 Å². The molecule has 41 heavy (non-hydrogen) atoms. The maximum absolute atomic E-state index is 9.94. The van der Waals surface area contributed by atoms with Crippen LogP contribution in [-0.2, 0) is 14.2 Å². The highest BCUT2D eigenvalue weighted by Crippen LogP contribution is 2.28. The van der Waals surface area contributed by atoms with Crippen molar-refractivity contribution >= 4 is 0 Å². The summed E-state index contributed by atoms with van der Waals surface area (Å²) >= 11 is 0. The van der Waals surface area contributed by atoms with Gasteiger partial charge in [-0.1, -0.05) is 0 Å². The fourth-order valence-corrected chi connectivity index (χ4v) is 2.74. The van der Waals surface area contributed by atoms with Gasteiger partial charge in [-0.2, -0.15) is 0 Å². The second-order valence-corrected chi connectivity index (χ2v) is 8.58. The smallest absolute Gasteiger partial charge is 0.187 e. The van der Waals surface area contributed by atoms with Gasteiger partial charge in [-0.05, 0) is 0 Å². The number of aliphatic hydroxyl groups is 17. The summed E-state index contributed by atoms with van der Waals surface area (Å²) in [6, 6.07) is 0. The summed E-state index contributed by atoms with van der Waals surface area (Å²) in [7, 11) is 0. The highest BCUT2D eigenvalue weighted by atomic mass is 16.7. The van der Waals surface area contributed by atoms with Gasteiger partial charge in [0, 0.05) is 0 Å². The van der Waals surface area contributed by atoms with Gasteiger partial charge < -0.3 is 101 Å². The Balaban J connectivity index is 0. The van der Waals surface area contributed by atoms with E-state index in [9.17, 15) is 35.7 Å². The van der Waals surface area contributed by atoms with E-state index in [-0.39, 0.29) is 39.6 Å². The topological polar surface area (TPSA) is 372 Å². The Morgan fingerprint density at radius 3 is 1.17 bits per heavy atom. The molecule has 20 nitrogen and oxygen atoms in total. The largest absolute Gasteiger partial charge is 0.394 e. The zero-order valence-corrected chi connectivity index (χ0v) is 22.0. The van der Waals surface area contributed by atoms with Gasteiger partial charge in [0.05, 0.1) is 52.9 Å². The van der Waals surface area contributed by atoms with Gasteiger partial charge in [0.15, 0.2) is 12.6 Å². The van der Waals surface area contributed by atoms with Crippen LogP contribution in [0.1, 0.15) is 0 Å². The molecule has 2 rings (SSSR count). The first-order chi connectivity index (χ1) is 19.2. The minimum atomic E-state index is -1.74. The van der Waals surface area contributed by atoms with Crippen molar-refractivity contribution in [3.8, 4) is 0 Å². The van der Waals surface area contributed by atoms with Crippen LogP contribution >= 0.6 is 0 Å². The lowest BCUT2D eigenvalue weighted by Crippen LogP contribution is -2.64. The third-order valence-corrected chi connectivity index (χ3v) is 5.24. The van der Waals surface area contributed by atoms with E-state index in [2.05, 4.69) is 0 Å². The van der Waals surface area contributed by atoms with Crippen molar-refractivity contribution < 1.29 is 101 Å². The van der Waals surface area contributed by atoms with Crippen LogP contribution < -0.4 is 0 Å². The minimum Gasteiger partial charge on any atom is -0.394 e. The standard InChI is InChI=1S/C12H22O11.3C3H8O3/c13-1-3-5(15)6(16)9(19)12(22-3)23-10-4(2-14)21-11(20)8(18)7(10)17;3*4-1-3(6)2-5/h3-20H,1-2H2;3*3-6H,1-2H2/t3-,4-,5+,6+,7-,8-,9-,10-,11-,12+;;;/m1.../s1. The van der Waals surface area contributed by atoms with Crippen LogP contribution in [0.5, 0.6) is 0 Å². The van der Waals surface area contributed by atoms with Crippen molar-refractivity contribution in [1.82, 2.24) is 0 Å². The average Bonchev–Trinajstić information content (AvgIpc) is 3.00. The van der Waals surface area contributed by atoms with E-state index in [0.717, 1.165) is 0 Å². The van der Waals surface area contributed by atoms with Gasteiger partial charge in [0.2, 0.25) is 0 Å². The Kier molecular flexibility index (Phi) is 24.4. The van der Waals surface area contributed by atoms with Crippen molar-refractivity contribution in [2.45, 2.75) is 79.7 Å². The number of ether oxygens (including phenoxy) is 3. The maximum atomic E-state index is 9.94. The fourth-order valence-electron chi connectivity index (χ4n) is 2.74. The summed E-state index contributed by atoms with van der Waals surface area (Å²) in [4.78, 5) is 0. The van der Waals surface area contributed by atoms with Gasteiger partial charge in [0.25, 0.3) is 0 Å². The van der Waals surface area contributed by atoms with Crippen molar-refractivity contribution in [1.29, 1.82) is 0 Å². The van der Waals surface area contributed by atoms with E-state index in [1.807, 2.05) is 0 Å². The molecular formula is C21H46O20. The molecule has 2 fully saturated rings. The highest BCUT2D eigenvalue weighted by Gasteiger charge is 2.50. The predicted octanol–water partition coefficient (Wildman–Crippen LogP) is -10.4. The SMILES string of the molecule is OCC(O)CO.OCC(O)CO.OCC(O)CO.OC[C@H]1O[C@@H](O[C@H]2[C@H](O)[C@@H](O)[C@H](O)O[C@@H]2CO)[C@H](O)[C@@H](O)[C@H]1O. The summed E-state index contributed by atoms with van der Waals surface area (Å²) < 4.78 is 15.3. The first-order valence-corrected chi connectivity index (χ1v) is 12.2. The molecule has 250 valence electrons. The zero-order chi connectivity index (χ0) is 32.3. The molecule has 0 radical (unpaired) electrons. The molecule has 0 aromatic heterocycles. The lowest BCUT2D eigenvalue weighted by atomic mass is 9.97. The Morgan fingerprint density at radius 2 is 0.854 bits per heavy atom. The van der Waals surface area contributed by atoms with Gasteiger partial charge in [-0.15, -0.1) is 0 Å². The molecule has 0 aromatic rings. The van der Waals surface area contributed by atoms with E-state index < -0.39 is 92.9 Å². The van der Waals surface area contributed by atoms with E-state index in [4.69, 9.17) is 65.3 Å². The second kappa shape index (κ2) is 23.6. The molecular weight excluding hydrogens is 572 g/mol. The molecule has 0 aromatic carbocycles. The van der Waals surface area contributed by atoms with Crippen LogP contribution in [-0.4, -0.2) is 219 Å². The van der Waals surface area contributed by atoms with Crippen LogP contribution in [0.4, 0.5) is 0 Å². The molecule has 0 amide bonds. The Hall–Kier alpha value is -0.800. The van der Waals surface area contributed by atoms with E-state index in [1.165, 1.54) is 0 Å². The van der Waals surface area contributed by atoms with Crippen LogP contribution in [0.3, 0.4) is 0 Å². The quantitative estimate of drug-likeness (QED) is 0.108. The van der Waals surface area contributed by atoms with Crippen LogP contribution in [0.15, 0.2) is 0 Å². The summed E-state index contributed by atoms with van der Waals surface area (Å²) in [5.74, 6) is 0. The van der Waals surface area contributed by atoms with Crippen molar-refractivity contribution in [2.24, 2.45) is 0 Å². The monoisotopic (exact) mass is 618 g/mol. The van der Waals surface area contributed by atoms with Gasteiger partial charge in [0.1, 0.15) is 67.1 Å². The lowest BCUT2D eigenvalue weighted by Gasteiger charge is -2.45. The molecule has 2 aliphatic heterocycles. The van der Waals surface area contributed by atoms with E-state index in [1.54, 1.807) is 0 Å². The van der Waals surface area contributed by atoms with Crippen LogP contribution in [0.25, 0.3) is 0 Å². The molecule has 10 atom stereocenters. The van der Waals surface area contributed by atoms with Crippen molar-refractivity contribution in [3.63, 3.8) is 0 Å². The zero-order valence-electron chi connectivity index (χ0n) is 22.0. The third kappa shape index (κ3) is 15.5. The Bertz CT molecular complexity index is 566. The first-order valence-electron chi connectivity index (χ1n) is 12.2. The summed E-state index contributed by atoms with van der Waals surface area (Å²) in [6.45, 7) is -3.53. The number of aliphatic hydroxyl groups excluding tert-OH is 17. The summed E-state index contributed by atoms with van der Waals surface area (Å²) in [5, 5.41) is 149. The lowest BCUT2D eigenvalue weighted by molar-refractivity contribution is -0.355. The summed E-state index contributed by atoms with van der Waals surface area (Å²) in [5.41, 5.74) is 0. The first kappa shape index (κ1) is 42.3. The molecule has 2 saturated heterocycles. The molecule has 20 heteroatoms. The third-order valence-electron chi connectivity index (χ3n) is 5.24. The molecule has 0 bridgehead atoms. The molecule has 2 heterocycles.